The zero-order chi connectivity index (χ0) is 27.3. The molecule has 0 aromatic carbocycles. The first kappa shape index (κ1) is 27.5. The smallest absolute Gasteiger partial charge is 0.335 e. The molecule has 0 aromatic rings. The van der Waals surface area contributed by atoms with Crippen molar-refractivity contribution in [1.29, 1.82) is 0 Å². The normalized spacial score (nSPS) is 48.0. The van der Waals surface area contributed by atoms with Crippen LogP contribution >= 0.6 is 0 Å². The van der Waals surface area contributed by atoms with E-state index in [1.807, 2.05) is 0 Å². The molecule has 0 amide bonds. The summed E-state index contributed by atoms with van der Waals surface area (Å²) < 4.78 is 30.4. The number of rotatable bonds is 1. The van der Waals surface area contributed by atoms with Crippen LogP contribution in [-0.4, -0.2) is 84.2 Å². The van der Waals surface area contributed by atoms with Crippen LogP contribution in [0.4, 0.5) is 0 Å². The van der Waals surface area contributed by atoms with Crippen LogP contribution in [0.1, 0.15) is 53.4 Å². The van der Waals surface area contributed by atoms with Crippen molar-refractivity contribution in [3.05, 3.63) is 36.0 Å². The number of aliphatic hydroxyl groups is 2. The molecule has 5 rings (SSSR count). The first-order valence-electron chi connectivity index (χ1n) is 13.7. The second kappa shape index (κ2) is 10.2. The van der Waals surface area contributed by atoms with Crippen LogP contribution in [-0.2, 0) is 33.3 Å². The molecule has 1 saturated carbocycles. The van der Waals surface area contributed by atoms with Gasteiger partial charge in [-0.2, -0.15) is 0 Å². The number of hydrogen-bond acceptors (Lipinski definition) is 9. The van der Waals surface area contributed by atoms with Gasteiger partial charge in [0.1, 0.15) is 24.4 Å². The number of aliphatic hydroxyl groups excluding tert-OH is 2. The van der Waals surface area contributed by atoms with E-state index < -0.39 is 58.7 Å². The molecule has 9 heteroatoms. The Labute approximate surface area is 223 Å². The molecule has 210 valence electrons. The Balaban J connectivity index is 1.51. The minimum Gasteiger partial charge on any atom is -0.463 e. The molecule has 0 aromatic heterocycles. The van der Waals surface area contributed by atoms with E-state index in [4.69, 9.17) is 23.7 Å². The molecule has 2 aliphatic carbocycles. The quantitative estimate of drug-likeness (QED) is 0.298. The van der Waals surface area contributed by atoms with E-state index in [1.165, 1.54) is 11.6 Å². The van der Waals surface area contributed by atoms with Crippen molar-refractivity contribution in [3.63, 3.8) is 0 Å². The van der Waals surface area contributed by atoms with Gasteiger partial charge in [-0.05, 0) is 39.0 Å². The Morgan fingerprint density at radius 1 is 1.16 bits per heavy atom. The van der Waals surface area contributed by atoms with E-state index >= 15 is 0 Å². The molecular formula is C29H40O9. The molecule has 0 unspecified atom stereocenters. The van der Waals surface area contributed by atoms with Gasteiger partial charge in [-0.25, -0.2) is 9.59 Å². The molecule has 2 spiro atoms. The lowest BCUT2D eigenvalue weighted by atomic mass is 9.51. The van der Waals surface area contributed by atoms with Crippen molar-refractivity contribution in [2.45, 2.75) is 95.6 Å². The third kappa shape index (κ3) is 4.36. The summed E-state index contributed by atoms with van der Waals surface area (Å²) in [7, 11) is 0. The number of ether oxygens (including phenoxy) is 5. The Kier molecular flexibility index (Phi) is 7.37. The van der Waals surface area contributed by atoms with Crippen LogP contribution in [0.2, 0.25) is 0 Å². The zero-order valence-electron chi connectivity index (χ0n) is 22.6. The van der Waals surface area contributed by atoms with Gasteiger partial charge in [0.15, 0.2) is 6.10 Å². The van der Waals surface area contributed by atoms with E-state index in [0.717, 1.165) is 6.42 Å². The van der Waals surface area contributed by atoms with E-state index in [9.17, 15) is 19.8 Å². The maximum Gasteiger partial charge on any atom is 0.335 e. The van der Waals surface area contributed by atoms with Crippen molar-refractivity contribution >= 4 is 11.9 Å². The van der Waals surface area contributed by atoms with E-state index in [1.54, 1.807) is 32.1 Å². The van der Waals surface area contributed by atoms with Crippen LogP contribution < -0.4 is 0 Å². The fraction of sp³-hybridized carbons (Fsp3) is 0.724. The Morgan fingerprint density at radius 2 is 1.92 bits per heavy atom. The van der Waals surface area contributed by atoms with E-state index in [-0.39, 0.29) is 25.4 Å². The molecule has 5 aliphatic rings. The molecular weight excluding hydrogens is 492 g/mol. The number of allylic oxidation sites excluding steroid dienone is 3. The lowest BCUT2D eigenvalue weighted by molar-refractivity contribution is -0.234. The number of hydrogen-bond donors (Lipinski definition) is 2. The average molecular weight is 533 g/mol. The third-order valence-electron chi connectivity index (χ3n) is 9.73. The summed E-state index contributed by atoms with van der Waals surface area (Å²) in [6.45, 7) is 8.27. The lowest BCUT2D eigenvalue weighted by Crippen LogP contribution is -2.66. The van der Waals surface area contributed by atoms with Gasteiger partial charge < -0.3 is 33.9 Å². The fourth-order valence-corrected chi connectivity index (χ4v) is 7.04. The fourth-order valence-electron chi connectivity index (χ4n) is 7.04. The van der Waals surface area contributed by atoms with Crippen LogP contribution in [0.15, 0.2) is 36.0 Å². The summed E-state index contributed by atoms with van der Waals surface area (Å²) in [4.78, 5) is 26.0. The Hall–Kier alpha value is -2.04. The predicted molar refractivity (Wildman–Crippen MR) is 136 cm³/mol. The first-order valence-corrected chi connectivity index (χ1v) is 13.7. The summed E-state index contributed by atoms with van der Waals surface area (Å²) in [5, 5.41) is 20.8. The van der Waals surface area contributed by atoms with Crippen LogP contribution in [0, 0.1) is 16.7 Å². The molecule has 3 aliphatic heterocycles. The zero-order valence-corrected chi connectivity index (χ0v) is 22.6. The largest absolute Gasteiger partial charge is 0.463 e. The highest BCUT2D eigenvalue weighted by Gasteiger charge is 2.83. The number of esters is 2. The van der Waals surface area contributed by atoms with Gasteiger partial charge in [0.05, 0.1) is 30.3 Å². The van der Waals surface area contributed by atoms with Gasteiger partial charge in [-0.15, -0.1) is 0 Å². The van der Waals surface area contributed by atoms with Crippen molar-refractivity contribution in [3.8, 4) is 0 Å². The van der Waals surface area contributed by atoms with Gasteiger partial charge in [-0.3, -0.25) is 0 Å². The lowest BCUT2D eigenvalue weighted by Gasteiger charge is -2.58. The molecule has 10 atom stereocenters. The molecule has 2 bridgehead atoms. The van der Waals surface area contributed by atoms with Gasteiger partial charge in [-0.1, -0.05) is 43.7 Å². The van der Waals surface area contributed by atoms with Gasteiger partial charge in [0.25, 0.3) is 0 Å². The maximum atomic E-state index is 13.1. The summed E-state index contributed by atoms with van der Waals surface area (Å²) >= 11 is 0. The predicted octanol–water partition coefficient (Wildman–Crippen LogP) is 2.39. The van der Waals surface area contributed by atoms with E-state index in [2.05, 4.69) is 19.9 Å². The maximum absolute atomic E-state index is 13.1. The SMILES string of the molecule is CC1=C[C@H]2O[C@@H]3C[C@H]4OC(=O)/C=C\C=C/[C@H]([C@H](C)O)OCC[C@@H](C)[C@H](O)C(=O)OC[C@@]2(CC1)[C@]4(C)[C@]31CO1. The number of epoxide rings is 1. The number of carbonyl (C=O) groups excluding carboxylic acids is 2. The minimum absolute atomic E-state index is 0.0195. The second-order valence-electron chi connectivity index (χ2n) is 11.9. The Bertz CT molecular complexity index is 1030. The van der Waals surface area contributed by atoms with Crippen molar-refractivity contribution in [2.75, 3.05) is 19.8 Å². The number of cyclic esters (lactones) is 1. The highest BCUT2D eigenvalue weighted by Crippen LogP contribution is 2.72. The average Bonchev–Trinajstić information content (AvgIpc) is 3.65. The molecule has 3 fully saturated rings. The molecule has 2 N–H and O–H groups in total. The summed E-state index contributed by atoms with van der Waals surface area (Å²) in [6.07, 6.45) is 6.89. The highest BCUT2D eigenvalue weighted by atomic mass is 16.6. The van der Waals surface area contributed by atoms with Gasteiger partial charge in [0, 0.05) is 24.5 Å². The minimum atomic E-state index is -1.33. The van der Waals surface area contributed by atoms with Crippen LogP contribution in [0.25, 0.3) is 0 Å². The third-order valence-corrected chi connectivity index (χ3v) is 9.73. The van der Waals surface area contributed by atoms with Crippen LogP contribution in [0.5, 0.6) is 0 Å². The second-order valence-corrected chi connectivity index (χ2v) is 11.9. The molecule has 2 saturated heterocycles. The standard InChI is InChI=1S/C29H40O9/c1-17-9-11-28-15-35-26(33)25(32)18(2)10-12-34-20(19(3)30)7-5-6-8-24(31)38-21-14-23(37-22(28)13-17)29(16-36-29)27(21,28)4/h5-8,13,18-23,25,30,32H,9-12,14-16H2,1-4H3/b7-5-,8-6-/t18-,19+,20-,21-,22-,23-,25+,27-,28-,29+/m1/s1. The van der Waals surface area contributed by atoms with Crippen molar-refractivity contribution in [1.82, 2.24) is 0 Å². The van der Waals surface area contributed by atoms with Gasteiger partial charge >= 0.3 is 11.9 Å². The molecule has 9 nitrogen and oxygen atoms in total. The van der Waals surface area contributed by atoms with Crippen molar-refractivity contribution in [2.24, 2.45) is 16.7 Å². The summed E-state index contributed by atoms with van der Waals surface area (Å²) in [6, 6.07) is 0. The topological polar surface area (TPSA) is 124 Å². The van der Waals surface area contributed by atoms with Crippen molar-refractivity contribution < 1.29 is 43.5 Å². The van der Waals surface area contributed by atoms with Crippen LogP contribution in [0.3, 0.4) is 0 Å². The molecule has 3 heterocycles. The number of carbonyl (C=O) groups is 2. The first-order chi connectivity index (χ1) is 18.0. The summed E-state index contributed by atoms with van der Waals surface area (Å²) in [5.41, 5.74) is -0.771. The monoisotopic (exact) mass is 532 g/mol. The summed E-state index contributed by atoms with van der Waals surface area (Å²) in [5.74, 6) is -1.60. The van der Waals surface area contributed by atoms with Gasteiger partial charge in [0.2, 0.25) is 0 Å². The van der Waals surface area contributed by atoms with E-state index in [0.29, 0.717) is 25.9 Å². The molecule has 38 heavy (non-hydrogen) atoms. The molecule has 0 radical (unpaired) electrons. The highest BCUT2D eigenvalue weighted by molar-refractivity contribution is 5.82. The Morgan fingerprint density at radius 3 is 2.63 bits per heavy atom.